The van der Waals surface area contributed by atoms with Crippen LogP contribution in [0.15, 0.2) is 48.5 Å². The van der Waals surface area contributed by atoms with Crippen LogP contribution in [0.4, 0.5) is 0 Å². The van der Waals surface area contributed by atoms with Gasteiger partial charge in [0.1, 0.15) is 30.8 Å². The summed E-state index contributed by atoms with van der Waals surface area (Å²) in [5.74, 6) is 1.31. The molecule has 0 saturated heterocycles. The Morgan fingerprint density at radius 3 is 1.67 bits per heavy atom. The number of hydrogen-bond acceptors (Lipinski definition) is 5. The maximum Gasteiger partial charge on any atom is 0.211 e. The van der Waals surface area contributed by atoms with Crippen LogP contribution in [0.3, 0.4) is 0 Å². The van der Waals surface area contributed by atoms with Gasteiger partial charge in [-0.05, 0) is 35.4 Å². The van der Waals surface area contributed by atoms with Crippen molar-refractivity contribution in [2.75, 3.05) is 26.4 Å². The first-order valence-electron chi connectivity index (χ1n) is 8.94. The number of benzene rings is 2. The van der Waals surface area contributed by atoms with Crippen molar-refractivity contribution in [3.63, 3.8) is 0 Å². The molecule has 0 spiro atoms. The highest BCUT2D eigenvalue weighted by Gasteiger charge is 2.23. The van der Waals surface area contributed by atoms with Crippen LogP contribution in [0.1, 0.15) is 25.0 Å². The molecule has 2 aromatic rings. The van der Waals surface area contributed by atoms with Crippen LogP contribution in [0.25, 0.3) is 0 Å². The molecule has 6 nitrogen and oxygen atoms in total. The van der Waals surface area contributed by atoms with Crippen LogP contribution in [0, 0.1) is 0 Å². The van der Waals surface area contributed by atoms with Gasteiger partial charge >= 0.3 is 0 Å². The predicted molar refractivity (Wildman–Crippen MR) is 104 cm³/mol. The molecule has 27 heavy (non-hydrogen) atoms. The third-order valence-corrected chi connectivity index (χ3v) is 4.48. The maximum atomic E-state index is 9.35. The minimum Gasteiger partial charge on any atom is -0.491 e. The molecule has 2 unspecified atom stereocenters. The van der Waals surface area contributed by atoms with Crippen molar-refractivity contribution in [3.8, 4) is 11.5 Å². The van der Waals surface area contributed by atoms with Gasteiger partial charge < -0.3 is 29.9 Å². The van der Waals surface area contributed by atoms with E-state index in [-0.39, 0.29) is 31.8 Å². The lowest BCUT2D eigenvalue weighted by molar-refractivity contribution is 0.0536. The van der Waals surface area contributed by atoms with E-state index in [0.717, 1.165) is 11.1 Å². The van der Waals surface area contributed by atoms with E-state index < -0.39 is 12.2 Å². The number of ether oxygens (including phenoxy) is 2. The van der Waals surface area contributed by atoms with Gasteiger partial charge in [0.05, 0.1) is 6.61 Å². The highest BCUT2D eigenvalue weighted by Crippen LogP contribution is 2.33. The molecule has 5 N–H and O–H groups in total. The Morgan fingerprint density at radius 2 is 1.26 bits per heavy atom. The predicted octanol–water partition coefficient (Wildman–Crippen LogP) is 1.21. The summed E-state index contributed by atoms with van der Waals surface area (Å²) in [6, 6.07) is 15.4. The van der Waals surface area contributed by atoms with Crippen LogP contribution in [0.2, 0.25) is 0 Å². The molecule has 0 aliphatic carbocycles. The van der Waals surface area contributed by atoms with E-state index in [9.17, 15) is 5.11 Å². The molecule has 0 bridgehead atoms. The topological polar surface area (TPSA) is 102 Å². The summed E-state index contributed by atoms with van der Waals surface area (Å²) in [6.45, 7) is 3.92. The van der Waals surface area contributed by atoms with E-state index >= 15 is 0 Å². The number of hydrogen-bond donors (Lipinski definition) is 3. The van der Waals surface area contributed by atoms with Gasteiger partial charge in [-0.1, -0.05) is 38.1 Å². The summed E-state index contributed by atoms with van der Waals surface area (Å²) in [4.78, 5) is 0. The highest BCUT2D eigenvalue weighted by molar-refractivity contribution is 5.41. The van der Waals surface area contributed by atoms with Gasteiger partial charge in [-0.3, -0.25) is 0 Å². The molecule has 0 aliphatic heterocycles. The highest BCUT2D eigenvalue weighted by atomic mass is 16.5. The monoisotopic (exact) mass is 377 g/mol. The molecule has 2 aromatic carbocycles. The minimum absolute atomic E-state index is 0.0517. The largest absolute Gasteiger partial charge is 0.491 e. The number of rotatable bonds is 10. The second-order valence-corrected chi connectivity index (χ2v) is 7.01. The Hall–Kier alpha value is -2.12. The van der Waals surface area contributed by atoms with E-state index in [0.29, 0.717) is 11.5 Å². The molecular weight excluding hydrogens is 348 g/mol. The normalized spacial score (nSPS) is 13.9. The fourth-order valence-electron chi connectivity index (χ4n) is 2.60. The van der Waals surface area contributed by atoms with Crippen LogP contribution < -0.4 is 9.47 Å². The van der Waals surface area contributed by atoms with Gasteiger partial charge in [0.25, 0.3) is 0 Å². The Bertz CT molecular complexity index is 621. The summed E-state index contributed by atoms with van der Waals surface area (Å²) in [7, 11) is 0. The third kappa shape index (κ3) is 5.94. The van der Waals surface area contributed by atoms with Gasteiger partial charge in [0, 0.05) is 5.41 Å². The van der Waals surface area contributed by atoms with Crippen molar-refractivity contribution in [2.45, 2.75) is 31.5 Å². The second-order valence-electron chi connectivity index (χ2n) is 7.01. The summed E-state index contributed by atoms with van der Waals surface area (Å²) < 4.78 is 10.9. The van der Waals surface area contributed by atoms with Gasteiger partial charge in [0.2, 0.25) is 6.10 Å². The average Bonchev–Trinajstić information content (AvgIpc) is 2.70. The molecule has 2 atom stereocenters. The molecule has 0 fully saturated rings. The molecule has 0 aliphatic rings. The molecule has 0 heterocycles. The molecule has 0 amide bonds. The first-order valence-corrected chi connectivity index (χ1v) is 8.94. The molecule has 0 saturated carbocycles. The van der Waals surface area contributed by atoms with Crippen molar-refractivity contribution in [2.24, 2.45) is 0 Å². The van der Waals surface area contributed by atoms with Gasteiger partial charge in [-0.15, -0.1) is 0 Å². The average molecular weight is 377 g/mol. The molecule has 2 rings (SSSR count). The molecular formula is C21H29O6+. The lowest BCUT2D eigenvalue weighted by atomic mass is 9.78. The fraction of sp³-hybridized carbons (Fsp3) is 0.429. The maximum absolute atomic E-state index is 9.35. The summed E-state index contributed by atoms with van der Waals surface area (Å²) >= 11 is 0. The van der Waals surface area contributed by atoms with Crippen molar-refractivity contribution >= 4 is 0 Å². The third-order valence-electron chi connectivity index (χ3n) is 4.48. The summed E-state index contributed by atoms with van der Waals surface area (Å²) in [5, 5.41) is 34.5. The Kier molecular flexibility index (Phi) is 7.62. The summed E-state index contributed by atoms with van der Waals surface area (Å²) in [5.41, 5.74) is 1.99. The van der Waals surface area contributed by atoms with Gasteiger partial charge in [-0.2, -0.15) is 0 Å². The second kappa shape index (κ2) is 9.71. The van der Waals surface area contributed by atoms with Crippen molar-refractivity contribution < 1.29 is 29.9 Å². The van der Waals surface area contributed by atoms with E-state index in [1.165, 1.54) is 0 Å². The van der Waals surface area contributed by atoms with Gasteiger partial charge in [0.15, 0.2) is 6.61 Å². The first kappa shape index (κ1) is 21.2. The van der Waals surface area contributed by atoms with Crippen LogP contribution in [-0.4, -0.2) is 59.1 Å². The van der Waals surface area contributed by atoms with E-state index in [1.807, 2.05) is 48.5 Å². The summed E-state index contributed by atoms with van der Waals surface area (Å²) in [6.07, 6.45) is -1.52. The Balaban J connectivity index is 2.04. The molecule has 0 radical (unpaired) electrons. The van der Waals surface area contributed by atoms with E-state index in [2.05, 4.69) is 13.8 Å². The fourth-order valence-corrected chi connectivity index (χ4v) is 2.60. The van der Waals surface area contributed by atoms with Crippen molar-refractivity contribution in [1.82, 2.24) is 0 Å². The zero-order valence-corrected chi connectivity index (χ0v) is 15.8. The standard InChI is InChI=1S/C21H28O6/c1-21(2,15-3-7-19(8-4-15)26-13-17(24)11-22)16-5-9-20(10-6-16)27-14-18(25)12-23/h3-10,17-18,22-25H,11-14H2,1-2H3/p+1. The Labute approximate surface area is 159 Å². The van der Waals surface area contributed by atoms with Crippen molar-refractivity contribution in [3.05, 3.63) is 59.7 Å². The van der Waals surface area contributed by atoms with Crippen LogP contribution in [-0.2, 0) is 5.41 Å². The van der Waals surface area contributed by atoms with Gasteiger partial charge in [-0.25, -0.2) is 0 Å². The molecule has 6 heteroatoms. The van der Waals surface area contributed by atoms with Crippen LogP contribution in [0.5, 0.6) is 11.5 Å². The quantitative estimate of drug-likeness (QED) is 0.540. The Morgan fingerprint density at radius 1 is 0.815 bits per heavy atom. The lowest BCUT2D eigenvalue weighted by Crippen LogP contribution is -2.22. The number of aliphatic hydroxyl groups is 3. The lowest BCUT2D eigenvalue weighted by Gasteiger charge is -2.26. The molecule has 0 aromatic heterocycles. The first-order chi connectivity index (χ1) is 12.9. The van der Waals surface area contributed by atoms with E-state index in [4.69, 9.17) is 24.8 Å². The molecule has 148 valence electrons. The zero-order valence-electron chi connectivity index (χ0n) is 15.8. The van der Waals surface area contributed by atoms with Crippen molar-refractivity contribution in [1.29, 1.82) is 0 Å². The zero-order chi connectivity index (χ0) is 19.9. The smallest absolute Gasteiger partial charge is 0.211 e. The number of aliphatic hydroxyl groups excluding tert-OH is 3. The van der Waals surface area contributed by atoms with E-state index in [1.54, 1.807) is 0 Å². The SMILES string of the molecule is CC(C)(c1ccc(OCC(O)CO)cc1)c1ccc(OCC([OH2+])CO)cc1. The minimum atomic E-state index is -0.885. The van der Waals surface area contributed by atoms with Crippen LogP contribution >= 0.6 is 0 Å².